The molecule has 0 fully saturated rings. The monoisotopic (exact) mass is 1050 g/mol. The Kier molecular flexibility index (Phi) is 52.5. The van der Waals surface area contributed by atoms with Crippen molar-refractivity contribution in [1.82, 2.24) is 0 Å². The average molecular weight is 1060 g/mol. The third-order valence-corrected chi connectivity index (χ3v) is 12.6. The summed E-state index contributed by atoms with van der Waals surface area (Å²) in [7, 11) is -4.78. The van der Waals surface area contributed by atoms with Crippen LogP contribution in [0.4, 0.5) is 0 Å². The van der Waals surface area contributed by atoms with Gasteiger partial charge in [0.05, 0.1) is 19.8 Å². The number of hydrogen-bond acceptors (Lipinski definition) is 10. The molecule has 0 radical (unpaired) electrons. The fraction of sp³-hybridized carbons (Fsp3) is 0.661. The van der Waals surface area contributed by atoms with Crippen molar-refractivity contribution in [1.29, 1.82) is 0 Å². The van der Waals surface area contributed by atoms with Crippen molar-refractivity contribution in [3.63, 3.8) is 0 Å². The molecule has 0 aliphatic rings. The molecule has 12 heteroatoms. The standard InChI is InChI=1S/C62H103O11P/c1-4-7-10-13-16-19-22-25-28-29-32-33-36-39-42-45-48-51-60(64)69-55-59(73-62(66)53-50-47-44-41-38-35-31-27-24-21-18-15-12-9-6-3)57-71-74(67,68)70-56-58(54-63)72-61(65)52-49-46-43-40-37-34-30-26-23-20-17-14-11-8-5-2/h8-9,11-12,17-18,20-21,25-28,30-31,37-38,40-41,58-59,63H,4-7,10,13-16,19,22-24,29,32-36,39,42-57H2,1-3H3,(H,67,68)/b11-8-,12-9-,20-17-,21-18-,28-25-,30-26-,31-27-,40-37-,41-38-. The van der Waals surface area contributed by atoms with Gasteiger partial charge in [0.25, 0.3) is 0 Å². The molecular weight excluding hydrogens is 952 g/mol. The van der Waals surface area contributed by atoms with E-state index in [1.165, 1.54) is 64.2 Å². The molecule has 0 amide bonds. The minimum absolute atomic E-state index is 0.106. The first-order valence-electron chi connectivity index (χ1n) is 28.8. The number of ether oxygens (including phenoxy) is 3. The lowest BCUT2D eigenvalue weighted by atomic mass is 10.1. The fourth-order valence-corrected chi connectivity index (χ4v) is 8.12. The average Bonchev–Trinajstić information content (AvgIpc) is 3.39. The van der Waals surface area contributed by atoms with Gasteiger partial charge in [0.1, 0.15) is 12.7 Å². The Morgan fingerprint density at radius 1 is 0.392 bits per heavy atom. The predicted molar refractivity (Wildman–Crippen MR) is 307 cm³/mol. The third-order valence-electron chi connectivity index (χ3n) is 11.7. The quantitative estimate of drug-likeness (QED) is 0.0197. The first kappa shape index (κ1) is 70.1. The molecule has 2 N–H and O–H groups in total. The maximum atomic E-state index is 12.9. The number of unbranched alkanes of at least 4 members (excludes halogenated alkanes) is 17. The number of phosphoric acid groups is 1. The predicted octanol–water partition coefficient (Wildman–Crippen LogP) is 17.0. The number of aliphatic hydroxyl groups is 1. The van der Waals surface area contributed by atoms with Gasteiger partial charge < -0.3 is 24.2 Å². The lowest BCUT2D eigenvalue weighted by molar-refractivity contribution is -0.161. The zero-order valence-electron chi connectivity index (χ0n) is 46.5. The van der Waals surface area contributed by atoms with E-state index in [2.05, 4.69) is 130 Å². The van der Waals surface area contributed by atoms with E-state index in [0.29, 0.717) is 19.3 Å². The topological polar surface area (TPSA) is 155 Å². The van der Waals surface area contributed by atoms with Crippen LogP contribution in [-0.2, 0) is 42.2 Å². The summed E-state index contributed by atoms with van der Waals surface area (Å²) in [4.78, 5) is 48.5. The van der Waals surface area contributed by atoms with Crippen LogP contribution in [0.2, 0.25) is 0 Å². The van der Waals surface area contributed by atoms with Gasteiger partial charge >= 0.3 is 25.7 Å². The van der Waals surface area contributed by atoms with Crippen LogP contribution in [0.25, 0.3) is 0 Å². The van der Waals surface area contributed by atoms with Crippen molar-refractivity contribution in [2.24, 2.45) is 0 Å². The number of rotatable bonds is 52. The van der Waals surface area contributed by atoms with Gasteiger partial charge in [0, 0.05) is 19.3 Å². The summed E-state index contributed by atoms with van der Waals surface area (Å²) < 4.78 is 39.4. The number of hydrogen-bond donors (Lipinski definition) is 2. The molecule has 0 spiro atoms. The number of carbonyl (C=O) groups is 3. The fourth-order valence-electron chi connectivity index (χ4n) is 7.33. The summed E-state index contributed by atoms with van der Waals surface area (Å²) >= 11 is 0. The lowest BCUT2D eigenvalue weighted by Gasteiger charge is -2.21. The molecule has 0 aliphatic carbocycles. The van der Waals surface area contributed by atoms with Crippen molar-refractivity contribution in [3.05, 3.63) is 109 Å². The van der Waals surface area contributed by atoms with Gasteiger partial charge in [-0.1, -0.05) is 194 Å². The first-order chi connectivity index (χ1) is 36.2. The van der Waals surface area contributed by atoms with Crippen LogP contribution in [0.15, 0.2) is 109 Å². The van der Waals surface area contributed by atoms with Crippen LogP contribution in [0.1, 0.15) is 226 Å². The maximum absolute atomic E-state index is 12.9. The molecule has 422 valence electrons. The van der Waals surface area contributed by atoms with Gasteiger partial charge in [0.2, 0.25) is 0 Å². The Morgan fingerprint density at radius 3 is 1.12 bits per heavy atom. The van der Waals surface area contributed by atoms with Crippen molar-refractivity contribution < 1.29 is 52.2 Å². The van der Waals surface area contributed by atoms with E-state index in [1.54, 1.807) is 0 Å². The Balaban J connectivity index is 4.83. The summed E-state index contributed by atoms with van der Waals surface area (Å²) in [6.07, 6.45) is 66.3. The summed E-state index contributed by atoms with van der Waals surface area (Å²) in [6.45, 7) is 4.30. The second-order valence-electron chi connectivity index (χ2n) is 18.7. The molecule has 0 aromatic rings. The first-order valence-corrected chi connectivity index (χ1v) is 30.3. The number of carbonyl (C=O) groups excluding carboxylic acids is 3. The molecule has 11 nitrogen and oxygen atoms in total. The van der Waals surface area contributed by atoms with E-state index in [0.717, 1.165) is 103 Å². The molecule has 0 saturated heterocycles. The Hall–Kier alpha value is -3.86. The molecule has 0 aromatic heterocycles. The van der Waals surface area contributed by atoms with Crippen molar-refractivity contribution in [2.75, 3.05) is 26.4 Å². The Morgan fingerprint density at radius 2 is 0.703 bits per heavy atom. The molecular formula is C62H103O11P. The summed E-state index contributed by atoms with van der Waals surface area (Å²) in [5.74, 6) is -1.57. The third kappa shape index (κ3) is 53.0. The van der Waals surface area contributed by atoms with Gasteiger partial charge in [-0.3, -0.25) is 23.4 Å². The van der Waals surface area contributed by atoms with Crippen LogP contribution in [0.3, 0.4) is 0 Å². The smallest absolute Gasteiger partial charge is 0.462 e. The number of phosphoric ester groups is 1. The van der Waals surface area contributed by atoms with E-state index in [9.17, 15) is 28.9 Å². The highest BCUT2D eigenvalue weighted by atomic mass is 31.2. The molecule has 3 atom stereocenters. The number of aliphatic hydroxyl groups excluding tert-OH is 1. The molecule has 0 bridgehead atoms. The van der Waals surface area contributed by atoms with Crippen molar-refractivity contribution >= 4 is 25.7 Å². The summed E-state index contributed by atoms with van der Waals surface area (Å²) in [5.41, 5.74) is 0. The normalized spacial score (nSPS) is 14.2. The zero-order chi connectivity index (χ0) is 54.1. The molecule has 74 heavy (non-hydrogen) atoms. The summed E-state index contributed by atoms with van der Waals surface area (Å²) in [5, 5.41) is 9.80. The Bertz CT molecular complexity index is 1660. The maximum Gasteiger partial charge on any atom is 0.472 e. The molecule has 0 aliphatic heterocycles. The number of esters is 3. The van der Waals surface area contributed by atoms with Crippen LogP contribution < -0.4 is 0 Å². The minimum Gasteiger partial charge on any atom is -0.462 e. The second-order valence-corrected chi connectivity index (χ2v) is 20.1. The van der Waals surface area contributed by atoms with Gasteiger partial charge in [-0.05, 0) is 122 Å². The van der Waals surface area contributed by atoms with Crippen LogP contribution in [0.5, 0.6) is 0 Å². The van der Waals surface area contributed by atoms with Gasteiger partial charge in [-0.15, -0.1) is 0 Å². The van der Waals surface area contributed by atoms with E-state index in [4.69, 9.17) is 23.3 Å². The van der Waals surface area contributed by atoms with E-state index >= 15 is 0 Å². The Labute approximate surface area is 450 Å². The molecule has 0 saturated carbocycles. The molecule has 3 unspecified atom stereocenters. The van der Waals surface area contributed by atoms with E-state index in [-0.39, 0.29) is 25.9 Å². The van der Waals surface area contributed by atoms with E-state index in [1.807, 2.05) is 0 Å². The van der Waals surface area contributed by atoms with Gasteiger partial charge in [-0.2, -0.15) is 0 Å². The van der Waals surface area contributed by atoms with E-state index < -0.39 is 57.8 Å². The highest BCUT2D eigenvalue weighted by Crippen LogP contribution is 2.43. The van der Waals surface area contributed by atoms with Crippen LogP contribution >= 0.6 is 7.82 Å². The van der Waals surface area contributed by atoms with Crippen molar-refractivity contribution in [3.8, 4) is 0 Å². The van der Waals surface area contributed by atoms with Crippen LogP contribution in [-0.4, -0.2) is 66.5 Å². The molecule has 0 heterocycles. The highest BCUT2D eigenvalue weighted by Gasteiger charge is 2.28. The van der Waals surface area contributed by atoms with Crippen molar-refractivity contribution in [2.45, 2.75) is 238 Å². The molecule has 0 rings (SSSR count). The SMILES string of the molecule is CC/C=C\C/C=C\C/C=C\C/C=C\CCCCC(=O)OC(CO)COP(=O)(O)OCC(COC(=O)CCCCCCCCC/C=C\CCCCCCCC)OC(=O)CCCC/C=C\C/C=C\C/C=C\C/C=C\CC. The largest absolute Gasteiger partial charge is 0.472 e. The second kappa shape index (κ2) is 55.4. The zero-order valence-corrected chi connectivity index (χ0v) is 47.4. The van der Waals surface area contributed by atoms with Gasteiger partial charge in [0.15, 0.2) is 6.10 Å². The molecule has 0 aromatic carbocycles. The minimum atomic E-state index is -4.78. The van der Waals surface area contributed by atoms with Gasteiger partial charge in [-0.25, -0.2) is 4.57 Å². The lowest BCUT2D eigenvalue weighted by Crippen LogP contribution is -2.30. The highest BCUT2D eigenvalue weighted by molar-refractivity contribution is 7.47. The summed E-state index contributed by atoms with van der Waals surface area (Å²) in [6, 6.07) is 0. The number of allylic oxidation sites excluding steroid dienone is 18. The van der Waals surface area contributed by atoms with Crippen LogP contribution in [0, 0.1) is 0 Å².